The summed E-state index contributed by atoms with van der Waals surface area (Å²) in [5, 5.41) is 13.4. The summed E-state index contributed by atoms with van der Waals surface area (Å²) < 4.78 is 0. The minimum atomic E-state index is -1.05. The van der Waals surface area contributed by atoms with Crippen LogP contribution in [0.2, 0.25) is 10.2 Å². The number of amides is 1. The summed E-state index contributed by atoms with van der Waals surface area (Å²) in [7, 11) is 0. The van der Waals surface area contributed by atoms with Crippen LogP contribution < -0.4 is 16.0 Å². The predicted molar refractivity (Wildman–Crippen MR) is 153 cm³/mol. The summed E-state index contributed by atoms with van der Waals surface area (Å²) >= 11 is 12.5. The third-order valence-corrected chi connectivity index (χ3v) is 7.91. The lowest BCUT2D eigenvalue weighted by atomic mass is 9.98. The Morgan fingerprint density at radius 3 is 2.45 bits per heavy atom. The smallest absolute Gasteiger partial charge is 0.273 e. The molecule has 0 radical (unpaired) electrons. The molecule has 0 bridgehead atoms. The first-order valence-electron chi connectivity index (χ1n) is 13.3. The minimum absolute atomic E-state index is 0.0287. The van der Waals surface area contributed by atoms with Crippen LogP contribution in [0.3, 0.4) is 0 Å². The van der Waals surface area contributed by atoms with E-state index in [-0.39, 0.29) is 23.2 Å². The second-order valence-corrected chi connectivity index (χ2v) is 11.7. The van der Waals surface area contributed by atoms with Crippen molar-refractivity contribution in [1.82, 2.24) is 25.1 Å². The van der Waals surface area contributed by atoms with E-state index >= 15 is 0 Å². The number of piperazine rings is 1. The molecule has 38 heavy (non-hydrogen) atoms. The lowest BCUT2D eigenvalue weighted by Gasteiger charge is -2.47. The van der Waals surface area contributed by atoms with Crippen molar-refractivity contribution in [2.24, 2.45) is 0 Å². The number of carbonyl (C=O) groups is 1. The van der Waals surface area contributed by atoms with Crippen molar-refractivity contribution in [3.05, 3.63) is 45.7 Å². The Hall–Kier alpha value is -2.17. The number of piperidine rings is 1. The molecule has 2 aliphatic rings. The third-order valence-electron chi connectivity index (χ3n) is 7.40. The second kappa shape index (κ2) is 12.3. The molecule has 2 fully saturated rings. The Kier molecular flexibility index (Phi) is 9.36. The van der Waals surface area contributed by atoms with Crippen LogP contribution >= 0.6 is 23.2 Å². The number of nitrogens with two attached hydrogens (primary N) is 1. The van der Waals surface area contributed by atoms with Crippen LogP contribution in [0.15, 0.2) is 24.3 Å². The van der Waals surface area contributed by atoms with Gasteiger partial charge in [0, 0.05) is 49.8 Å². The van der Waals surface area contributed by atoms with Crippen LogP contribution in [0.5, 0.6) is 0 Å². The summed E-state index contributed by atoms with van der Waals surface area (Å²) in [6.45, 7) is 11.1. The fourth-order valence-electron chi connectivity index (χ4n) is 5.33. The molecule has 4 rings (SSSR count). The molecule has 11 heteroatoms. The number of nitrogens with zero attached hydrogens (tertiary/aromatic N) is 5. The lowest BCUT2D eigenvalue weighted by Crippen LogP contribution is -2.58. The van der Waals surface area contributed by atoms with Crippen molar-refractivity contribution < 1.29 is 9.90 Å². The molecule has 1 aromatic heterocycles. The van der Waals surface area contributed by atoms with E-state index in [4.69, 9.17) is 28.9 Å². The van der Waals surface area contributed by atoms with Crippen molar-refractivity contribution >= 4 is 40.7 Å². The number of hydrogen-bond acceptors (Lipinski definition) is 8. The molecule has 0 aliphatic carbocycles. The highest BCUT2D eigenvalue weighted by atomic mass is 35.5. The first kappa shape index (κ1) is 28.8. The average molecular weight is 565 g/mol. The molecule has 9 nitrogen and oxygen atoms in total. The molecule has 4 N–H and O–H groups in total. The Morgan fingerprint density at radius 2 is 1.82 bits per heavy atom. The maximum Gasteiger partial charge on any atom is 0.273 e. The third kappa shape index (κ3) is 7.27. The zero-order chi connectivity index (χ0) is 27.4. The molecule has 2 aliphatic heterocycles. The molecule has 0 unspecified atom stereocenters. The maximum absolute atomic E-state index is 12.5. The zero-order valence-electron chi connectivity index (χ0n) is 22.5. The van der Waals surface area contributed by atoms with Gasteiger partial charge in [0.25, 0.3) is 5.91 Å². The van der Waals surface area contributed by atoms with Crippen molar-refractivity contribution in [3.8, 4) is 0 Å². The van der Waals surface area contributed by atoms with Gasteiger partial charge in [0.1, 0.15) is 0 Å². The molecular weight excluding hydrogens is 525 g/mol. The summed E-state index contributed by atoms with van der Waals surface area (Å²) in [6, 6.07) is 9.05. The van der Waals surface area contributed by atoms with Gasteiger partial charge in [-0.3, -0.25) is 14.6 Å². The molecule has 1 amide bonds. The van der Waals surface area contributed by atoms with Crippen LogP contribution in [-0.4, -0.2) is 87.7 Å². The summed E-state index contributed by atoms with van der Waals surface area (Å²) in [6.07, 6.45) is 3.30. The van der Waals surface area contributed by atoms with E-state index in [9.17, 15) is 9.90 Å². The number of halogens is 2. The summed E-state index contributed by atoms with van der Waals surface area (Å²) in [5.41, 5.74) is 6.34. The molecule has 0 saturated carbocycles. The van der Waals surface area contributed by atoms with Crippen molar-refractivity contribution in [3.63, 3.8) is 0 Å². The maximum atomic E-state index is 12.5. The van der Waals surface area contributed by atoms with Crippen LogP contribution in [0.1, 0.15) is 56.1 Å². The fourth-order valence-corrected chi connectivity index (χ4v) is 5.70. The van der Waals surface area contributed by atoms with E-state index in [1.165, 1.54) is 5.56 Å². The number of nitrogen functional groups attached to an aromatic ring is 1. The van der Waals surface area contributed by atoms with Gasteiger partial charge >= 0.3 is 0 Å². The van der Waals surface area contributed by atoms with E-state index in [1.54, 1.807) is 13.8 Å². The number of carbonyl (C=O) groups excluding carboxylic acids is 1. The number of anilines is 2. The van der Waals surface area contributed by atoms with Gasteiger partial charge in [-0.15, -0.1) is 0 Å². The monoisotopic (exact) mass is 563 g/mol. The quantitative estimate of drug-likeness (QED) is 0.448. The Labute approximate surface area is 235 Å². The Morgan fingerprint density at radius 1 is 1.13 bits per heavy atom. The van der Waals surface area contributed by atoms with Crippen LogP contribution in [0.25, 0.3) is 0 Å². The molecule has 3 heterocycles. The number of hydrogen-bond donors (Lipinski definition) is 3. The topological polar surface area (TPSA) is 111 Å². The lowest BCUT2D eigenvalue weighted by molar-refractivity contribution is 0.0610. The molecular formula is C27H39Cl2N7O2. The predicted octanol–water partition coefficient (Wildman–Crippen LogP) is 3.43. The number of rotatable bonds is 8. The number of benzene rings is 1. The molecule has 208 valence electrons. The second-order valence-electron chi connectivity index (χ2n) is 10.9. The van der Waals surface area contributed by atoms with Crippen LogP contribution in [0.4, 0.5) is 11.6 Å². The number of aromatic nitrogens is 2. The van der Waals surface area contributed by atoms with Gasteiger partial charge < -0.3 is 21.1 Å². The largest absolute Gasteiger partial charge is 0.389 e. The molecule has 1 aromatic carbocycles. The van der Waals surface area contributed by atoms with Gasteiger partial charge in [0.15, 0.2) is 22.5 Å². The number of nitrogens with one attached hydrogen (secondary N) is 1. The Balaban J connectivity index is 1.35. The van der Waals surface area contributed by atoms with E-state index in [1.807, 2.05) is 12.1 Å². The van der Waals surface area contributed by atoms with E-state index in [2.05, 4.69) is 49.0 Å². The average Bonchev–Trinajstić information content (AvgIpc) is 2.89. The highest BCUT2D eigenvalue weighted by molar-refractivity contribution is 6.32. The van der Waals surface area contributed by atoms with Crippen molar-refractivity contribution in [2.75, 3.05) is 49.9 Å². The zero-order valence-corrected chi connectivity index (χ0v) is 24.0. The first-order valence-corrected chi connectivity index (χ1v) is 14.1. The van der Waals surface area contributed by atoms with Crippen molar-refractivity contribution in [2.45, 2.75) is 64.3 Å². The van der Waals surface area contributed by atoms with Crippen LogP contribution in [-0.2, 0) is 6.54 Å². The van der Waals surface area contributed by atoms with Gasteiger partial charge in [-0.25, -0.2) is 9.97 Å². The molecule has 1 atom stereocenters. The van der Waals surface area contributed by atoms with Gasteiger partial charge in [0.2, 0.25) is 0 Å². The normalized spacial score (nSPS) is 20.1. The van der Waals surface area contributed by atoms with Gasteiger partial charge in [-0.05, 0) is 63.9 Å². The Bertz CT molecular complexity index is 1100. The summed E-state index contributed by atoms with van der Waals surface area (Å²) in [4.78, 5) is 28.6. The SMILES string of the molecule is CC[C@H]1CN(c2nc(N)c(C(=O)NCC(C)(C)O)nc2Cl)CCN1C1CCN(Cc2ccc(Cl)cc2)CC1. The minimum Gasteiger partial charge on any atom is -0.389 e. The standard InChI is InChI=1S/C27H39Cl2N7O2/c1-4-20-16-35(25-23(29)32-22(24(30)33-25)26(37)31-17-27(2,3)38)13-14-36(20)21-9-11-34(12-10-21)15-18-5-7-19(28)8-6-18/h5-8,20-21,38H,4,9-17H2,1-3H3,(H2,30,33)(H,31,37)/t20-/m0/s1. The molecule has 2 aromatic rings. The van der Waals surface area contributed by atoms with E-state index in [0.29, 0.717) is 17.9 Å². The molecule has 2 saturated heterocycles. The van der Waals surface area contributed by atoms with Gasteiger partial charge in [-0.2, -0.15) is 0 Å². The number of aliphatic hydroxyl groups is 1. The highest BCUT2D eigenvalue weighted by Gasteiger charge is 2.34. The van der Waals surface area contributed by atoms with E-state index in [0.717, 1.165) is 63.6 Å². The van der Waals surface area contributed by atoms with E-state index < -0.39 is 11.5 Å². The summed E-state index contributed by atoms with van der Waals surface area (Å²) in [5.74, 6) is 0.0319. The van der Waals surface area contributed by atoms with Crippen LogP contribution in [0, 0.1) is 0 Å². The highest BCUT2D eigenvalue weighted by Crippen LogP contribution is 2.30. The van der Waals surface area contributed by atoms with Gasteiger partial charge in [0.05, 0.1) is 5.60 Å². The molecule has 0 spiro atoms. The number of likely N-dealkylation sites (tertiary alicyclic amines) is 1. The van der Waals surface area contributed by atoms with Crippen molar-refractivity contribution in [1.29, 1.82) is 0 Å². The fraction of sp³-hybridized carbons (Fsp3) is 0.593. The first-order chi connectivity index (χ1) is 18.0. The van der Waals surface area contributed by atoms with Gasteiger partial charge in [-0.1, -0.05) is 42.3 Å².